The topological polar surface area (TPSA) is 37.6 Å². The van der Waals surface area contributed by atoms with Gasteiger partial charge < -0.3 is 37.2 Å². The average Bonchev–Trinajstić information content (AvgIpc) is 2.60. The summed E-state index contributed by atoms with van der Waals surface area (Å²) in [5.74, 6) is 0. The van der Waals surface area contributed by atoms with Crippen molar-refractivity contribution in [2.45, 2.75) is 76.3 Å². The van der Waals surface area contributed by atoms with E-state index in [1.165, 1.54) is 64.2 Å². The van der Waals surface area contributed by atoms with Crippen LogP contribution in [0.25, 0.3) is 0 Å². The monoisotopic (exact) mass is 461 g/mol. The largest absolute Gasteiger partial charge is 3.00 e. The van der Waals surface area contributed by atoms with Gasteiger partial charge in [-0.25, -0.2) is 4.98 Å². The van der Waals surface area contributed by atoms with Gasteiger partial charge in [0.1, 0.15) is 0 Å². The molecule has 0 saturated heterocycles. The summed E-state index contributed by atoms with van der Waals surface area (Å²) < 4.78 is 0. The van der Waals surface area contributed by atoms with Crippen LogP contribution in [0.15, 0.2) is 28.2 Å². The van der Waals surface area contributed by atoms with E-state index in [2.05, 4.69) is 11.1 Å². The number of aromatic nitrogens is 1. The number of halogens is 3. The van der Waals surface area contributed by atoms with Crippen molar-refractivity contribution in [3.05, 3.63) is 29.6 Å². The van der Waals surface area contributed by atoms with Gasteiger partial charge in [-0.1, -0.05) is 44.6 Å². The van der Waals surface area contributed by atoms with E-state index in [4.69, 9.17) is 9.98 Å². The molecule has 3 rings (SSSR count). The molecule has 0 bridgehead atoms. The zero-order valence-corrected chi connectivity index (χ0v) is 18.2. The molecule has 2 aliphatic carbocycles. The minimum Gasteiger partial charge on any atom is -1.00 e. The van der Waals surface area contributed by atoms with E-state index in [1.54, 1.807) is 0 Å². The van der Waals surface area contributed by atoms with Crippen LogP contribution in [0.5, 0.6) is 0 Å². The van der Waals surface area contributed by atoms with Crippen molar-refractivity contribution in [1.29, 1.82) is 0 Å². The Balaban J connectivity index is 0. The van der Waals surface area contributed by atoms with E-state index in [9.17, 15) is 0 Å². The van der Waals surface area contributed by atoms with E-state index in [-0.39, 0.29) is 54.0 Å². The van der Waals surface area contributed by atoms with Crippen LogP contribution in [0.4, 0.5) is 0 Å². The van der Waals surface area contributed by atoms with Crippen molar-refractivity contribution < 1.29 is 54.0 Å². The summed E-state index contributed by atoms with van der Waals surface area (Å²) >= 11 is 0. The summed E-state index contributed by atoms with van der Waals surface area (Å²) in [6.07, 6.45) is 16.9. The number of hydrogen-bond donors (Lipinski definition) is 0. The van der Waals surface area contributed by atoms with Crippen molar-refractivity contribution in [2.75, 3.05) is 0 Å². The summed E-state index contributed by atoms with van der Waals surface area (Å²) in [4.78, 5) is 14.1. The summed E-state index contributed by atoms with van der Waals surface area (Å²) in [6.45, 7) is 0. The Bertz CT molecular complexity index is 485. The Morgan fingerprint density at radius 1 is 0.692 bits per heavy atom. The van der Waals surface area contributed by atoms with Crippen molar-refractivity contribution in [1.82, 2.24) is 4.98 Å². The summed E-state index contributed by atoms with van der Waals surface area (Å²) in [7, 11) is 0. The summed E-state index contributed by atoms with van der Waals surface area (Å²) in [5, 5.41) is 0. The molecule has 0 aromatic carbocycles. The molecule has 1 heterocycles. The Labute approximate surface area is 186 Å². The Kier molecular flexibility index (Phi) is 17.1. The first-order valence-corrected chi connectivity index (χ1v) is 8.93. The van der Waals surface area contributed by atoms with Gasteiger partial charge in [0.05, 0.1) is 23.5 Å². The van der Waals surface area contributed by atoms with Crippen molar-refractivity contribution in [3.63, 3.8) is 0 Å². The molecule has 1 aromatic rings. The molecule has 0 N–H and O–H groups in total. The van der Waals surface area contributed by atoms with Crippen LogP contribution in [-0.2, 0) is 16.8 Å². The first-order chi connectivity index (χ1) is 10.9. The van der Waals surface area contributed by atoms with Gasteiger partial charge in [0.25, 0.3) is 0 Å². The maximum atomic E-state index is 4.71. The molecule has 148 valence electrons. The number of hydrogen-bond acceptors (Lipinski definition) is 3. The smallest absolute Gasteiger partial charge is 1.00 e. The van der Waals surface area contributed by atoms with Crippen molar-refractivity contribution >= 4 is 12.4 Å². The molecule has 0 unspecified atom stereocenters. The van der Waals surface area contributed by atoms with Crippen molar-refractivity contribution in [3.8, 4) is 0 Å². The van der Waals surface area contributed by atoms with Gasteiger partial charge >= 0.3 is 16.8 Å². The minimum atomic E-state index is 0. The van der Waals surface area contributed by atoms with Gasteiger partial charge in [-0.3, -0.25) is 9.98 Å². The molecule has 0 aliphatic heterocycles. The van der Waals surface area contributed by atoms with Gasteiger partial charge in [-0.15, -0.1) is 0 Å². The third kappa shape index (κ3) is 9.70. The molecular formula is C19H27Cl3CoN3. The summed E-state index contributed by atoms with van der Waals surface area (Å²) in [5.41, 5.74) is 1.91. The number of rotatable bonds is 4. The number of aliphatic imine (C=N–C) groups is 2. The van der Waals surface area contributed by atoms with Gasteiger partial charge in [0, 0.05) is 12.4 Å². The maximum Gasteiger partial charge on any atom is 3.00 e. The maximum absolute atomic E-state index is 4.71. The second kappa shape index (κ2) is 15.9. The van der Waals surface area contributed by atoms with Gasteiger partial charge in [-0.2, -0.15) is 0 Å². The van der Waals surface area contributed by atoms with E-state index >= 15 is 0 Å². The van der Waals surface area contributed by atoms with Gasteiger partial charge in [-0.05, 0) is 37.8 Å². The first kappa shape index (κ1) is 28.1. The number of nitrogens with zero attached hydrogens (tertiary/aromatic N) is 3. The zero-order valence-electron chi connectivity index (χ0n) is 14.9. The van der Waals surface area contributed by atoms with Crippen LogP contribution in [0.1, 0.15) is 75.6 Å². The van der Waals surface area contributed by atoms with Crippen LogP contribution in [0, 0.1) is 0 Å². The summed E-state index contributed by atoms with van der Waals surface area (Å²) in [6, 6.07) is 7.14. The molecule has 26 heavy (non-hydrogen) atoms. The first-order valence-electron chi connectivity index (χ1n) is 8.93. The van der Waals surface area contributed by atoms with Crippen LogP contribution < -0.4 is 37.2 Å². The molecule has 2 saturated carbocycles. The fraction of sp³-hybridized carbons (Fsp3) is 0.632. The fourth-order valence-electron chi connectivity index (χ4n) is 3.44. The molecule has 2 fully saturated rings. The molecule has 0 amide bonds. The molecule has 7 heteroatoms. The molecule has 0 atom stereocenters. The van der Waals surface area contributed by atoms with Crippen LogP contribution in [0.2, 0.25) is 0 Å². The van der Waals surface area contributed by atoms with Crippen LogP contribution in [-0.4, -0.2) is 29.5 Å². The Hall–Kier alpha value is -0.134. The second-order valence-corrected chi connectivity index (χ2v) is 6.63. The van der Waals surface area contributed by atoms with Gasteiger partial charge in [0.2, 0.25) is 0 Å². The second-order valence-electron chi connectivity index (χ2n) is 6.63. The van der Waals surface area contributed by atoms with E-state index < -0.39 is 0 Å². The van der Waals surface area contributed by atoms with E-state index in [0.29, 0.717) is 12.1 Å². The molecule has 1 aromatic heterocycles. The van der Waals surface area contributed by atoms with Crippen LogP contribution in [0.3, 0.4) is 0 Å². The average molecular weight is 463 g/mol. The van der Waals surface area contributed by atoms with Crippen LogP contribution >= 0.6 is 0 Å². The van der Waals surface area contributed by atoms with Gasteiger partial charge in [0.15, 0.2) is 0 Å². The molecule has 0 spiro atoms. The third-order valence-corrected chi connectivity index (χ3v) is 4.78. The standard InChI is InChI=1S/C19H27N3.3ClH.Co/c1-3-8-16(9-4-1)20-14-18-12-7-13-19(22-18)15-21-17-10-5-2-6-11-17;;;;/h7,12-17H,1-6,8-11H2;3*1H;/q;;;;+3/p-3. The Morgan fingerprint density at radius 3 is 1.46 bits per heavy atom. The molecule has 3 nitrogen and oxygen atoms in total. The quantitative estimate of drug-likeness (QED) is 0.417. The SMILES string of the molecule is C(=NC1CCCCC1)c1cccc(C=NC2CCCCC2)n1.[Cl-].[Cl-].[Cl-].[Co+3]. The predicted octanol–water partition coefficient (Wildman–Crippen LogP) is -4.41. The van der Waals surface area contributed by atoms with Crippen molar-refractivity contribution in [2.24, 2.45) is 9.98 Å². The third-order valence-electron chi connectivity index (χ3n) is 4.78. The van der Waals surface area contributed by atoms with E-state index in [0.717, 1.165) is 11.4 Å². The molecule has 2 aliphatic rings. The Morgan fingerprint density at radius 2 is 1.08 bits per heavy atom. The minimum absolute atomic E-state index is 0. The van der Waals surface area contributed by atoms with E-state index in [1.807, 2.05) is 24.6 Å². The molecular weight excluding hydrogens is 436 g/mol. The zero-order chi connectivity index (χ0) is 15.0. The normalized spacial score (nSPS) is 18.5. The number of pyridine rings is 1. The predicted molar refractivity (Wildman–Crippen MR) is 93.2 cm³/mol. The molecule has 0 radical (unpaired) electrons. The fourth-order valence-corrected chi connectivity index (χ4v) is 3.44.